The van der Waals surface area contributed by atoms with Crippen molar-refractivity contribution in [3.05, 3.63) is 24.3 Å². The van der Waals surface area contributed by atoms with Crippen LogP contribution in [0.5, 0.6) is 0 Å². The first kappa shape index (κ1) is 18.0. The molecule has 0 aromatic heterocycles. The third-order valence-corrected chi connectivity index (χ3v) is 5.25. The maximum atomic E-state index is 12.5. The van der Waals surface area contributed by atoms with Crippen LogP contribution in [0.4, 0.5) is 5.69 Å². The Labute approximate surface area is 129 Å². The number of hydrogen-bond acceptors (Lipinski definition) is 3. The second-order valence-electron chi connectivity index (χ2n) is 6.03. The lowest BCUT2D eigenvalue weighted by molar-refractivity contribution is 0.289. The molecule has 0 aliphatic rings. The highest BCUT2D eigenvalue weighted by atomic mass is 32.2. The Kier molecular flexibility index (Phi) is 6.68. The molecule has 0 unspecified atom stereocenters. The predicted octanol–water partition coefficient (Wildman–Crippen LogP) is 3.32. The Balaban J connectivity index is 2.92. The highest BCUT2D eigenvalue weighted by Crippen LogP contribution is 2.23. The van der Waals surface area contributed by atoms with E-state index in [-0.39, 0.29) is 0 Å². The topological polar surface area (TPSA) is 58.2 Å². The van der Waals surface area contributed by atoms with Crippen LogP contribution >= 0.6 is 0 Å². The number of hydrogen-bond donors (Lipinski definition) is 2. The first-order chi connectivity index (χ1) is 9.79. The van der Waals surface area contributed by atoms with Crippen LogP contribution < -0.4 is 10.0 Å². The summed E-state index contributed by atoms with van der Waals surface area (Å²) in [6, 6.07) is 7.01. The van der Waals surface area contributed by atoms with E-state index in [1.54, 1.807) is 18.2 Å². The van der Waals surface area contributed by atoms with Crippen LogP contribution in [-0.4, -0.2) is 21.5 Å². The van der Waals surface area contributed by atoms with Gasteiger partial charge < -0.3 is 5.32 Å². The lowest BCUT2D eigenvalue weighted by Crippen LogP contribution is -2.34. The van der Waals surface area contributed by atoms with Crippen molar-refractivity contribution in [3.8, 4) is 0 Å². The first-order valence-electron chi connectivity index (χ1n) is 7.62. The lowest BCUT2D eigenvalue weighted by atomic mass is 9.86. The van der Waals surface area contributed by atoms with Gasteiger partial charge in [0, 0.05) is 13.1 Å². The van der Waals surface area contributed by atoms with E-state index in [0.717, 1.165) is 0 Å². The van der Waals surface area contributed by atoms with Crippen LogP contribution in [0.1, 0.15) is 34.6 Å². The molecule has 0 saturated heterocycles. The molecule has 0 fully saturated rings. The molecule has 1 rings (SSSR count). The fourth-order valence-corrected chi connectivity index (χ4v) is 3.82. The Morgan fingerprint density at radius 1 is 1.05 bits per heavy atom. The molecule has 21 heavy (non-hydrogen) atoms. The van der Waals surface area contributed by atoms with E-state index in [9.17, 15) is 8.42 Å². The average Bonchev–Trinajstić information content (AvgIpc) is 2.38. The van der Waals surface area contributed by atoms with Crippen LogP contribution in [-0.2, 0) is 10.0 Å². The van der Waals surface area contributed by atoms with Gasteiger partial charge >= 0.3 is 0 Å². The molecule has 0 atom stereocenters. The van der Waals surface area contributed by atoms with E-state index < -0.39 is 10.0 Å². The van der Waals surface area contributed by atoms with Gasteiger partial charge in [-0.25, -0.2) is 13.1 Å². The number of sulfonamides is 1. The molecule has 1 aromatic rings. The summed E-state index contributed by atoms with van der Waals surface area (Å²) in [4.78, 5) is 0.318. The lowest BCUT2D eigenvalue weighted by Gasteiger charge is -2.25. The van der Waals surface area contributed by atoms with Crippen molar-refractivity contribution in [2.24, 2.45) is 17.8 Å². The average molecular weight is 312 g/mol. The van der Waals surface area contributed by atoms with Crippen molar-refractivity contribution in [1.82, 2.24) is 4.72 Å². The van der Waals surface area contributed by atoms with Gasteiger partial charge in [-0.2, -0.15) is 0 Å². The molecule has 120 valence electrons. The standard InChI is InChI=1S/C16H28N2O2S/c1-6-17-15-9-7-8-10-16(15)21(19,20)18-11-14(12(2)3)13(4)5/h7-10,12-14,17-18H,6,11H2,1-5H3. The van der Waals surface area contributed by atoms with Crippen molar-refractivity contribution < 1.29 is 8.42 Å². The van der Waals surface area contributed by atoms with Gasteiger partial charge in [0.25, 0.3) is 0 Å². The normalized spacial score (nSPS) is 12.4. The Hall–Kier alpha value is -1.07. The summed E-state index contributed by atoms with van der Waals surface area (Å²) < 4.78 is 27.8. The maximum absolute atomic E-state index is 12.5. The number of anilines is 1. The van der Waals surface area contributed by atoms with E-state index in [0.29, 0.717) is 41.4 Å². The molecule has 0 bridgehead atoms. The summed E-state index contributed by atoms with van der Waals surface area (Å²) in [5.74, 6) is 1.21. The third kappa shape index (κ3) is 5.00. The molecule has 1 aromatic carbocycles. The van der Waals surface area contributed by atoms with E-state index in [4.69, 9.17) is 0 Å². The SMILES string of the molecule is CCNc1ccccc1S(=O)(=O)NCC(C(C)C)C(C)C. The second-order valence-corrected chi connectivity index (χ2v) is 7.77. The number of benzene rings is 1. The highest BCUT2D eigenvalue weighted by Gasteiger charge is 2.23. The summed E-state index contributed by atoms with van der Waals surface area (Å²) >= 11 is 0. The van der Waals surface area contributed by atoms with Crippen LogP contribution in [0, 0.1) is 17.8 Å². The Bertz CT molecular complexity index is 531. The van der Waals surface area contributed by atoms with Crippen LogP contribution in [0.25, 0.3) is 0 Å². The summed E-state index contributed by atoms with van der Waals surface area (Å²) in [6.07, 6.45) is 0. The van der Waals surface area contributed by atoms with Gasteiger partial charge in [0.2, 0.25) is 10.0 Å². The maximum Gasteiger partial charge on any atom is 0.242 e. The third-order valence-electron chi connectivity index (χ3n) is 3.77. The van der Waals surface area contributed by atoms with Gasteiger partial charge in [-0.3, -0.25) is 0 Å². The molecule has 0 radical (unpaired) electrons. The van der Waals surface area contributed by atoms with Gasteiger partial charge in [-0.1, -0.05) is 39.8 Å². The van der Waals surface area contributed by atoms with Gasteiger partial charge in [0.05, 0.1) is 5.69 Å². The number of para-hydroxylation sites is 1. The van der Waals surface area contributed by atoms with Gasteiger partial charge in [-0.15, -0.1) is 0 Å². The van der Waals surface area contributed by atoms with Crippen molar-refractivity contribution in [2.75, 3.05) is 18.4 Å². The fourth-order valence-electron chi connectivity index (χ4n) is 2.56. The van der Waals surface area contributed by atoms with Crippen molar-refractivity contribution in [1.29, 1.82) is 0 Å². The molecular weight excluding hydrogens is 284 g/mol. The Morgan fingerprint density at radius 3 is 2.14 bits per heavy atom. The first-order valence-corrected chi connectivity index (χ1v) is 9.10. The monoisotopic (exact) mass is 312 g/mol. The highest BCUT2D eigenvalue weighted by molar-refractivity contribution is 7.89. The smallest absolute Gasteiger partial charge is 0.242 e. The van der Waals surface area contributed by atoms with Crippen LogP contribution in [0.3, 0.4) is 0 Å². The zero-order chi connectivity index (χ0) is 16.0. The fraction of sp³-hybridized carbons (Fsp3) is 0.625. The van der Waals surface area contributed by atoms with E-state index >= 15 is 0 Å². The second kappa shape index (κ2) is 7.80. The summed E-state index contributed by atoms with van der Waals surface area (Å²) in [6.45, 7) is 11.6. The quantitative estimate of drug-likeness (QED) is 0.774. The minimum atomic E-state index is -3.49. The van der Waals surface area contributed by atoms with Crippen LogP contribution in [0.15, 0.2) is 29.2 Å². The van der Waals surface area contributed by atoms with Crippen molar-refractivity contribution in [2.45, 2.75) is 39.5 Å². The molecular formula is C16H28N2O2S. The van der Waals surface area contributed by atoms with E-state index in [2.05, 4.69) is 37.7 Å². The zero-order valence-electron chi connectivity index (χ0n) is 13.7. The van der Waals surface area contributed by atoms with Crippen LogP contribution in [0.2, 0.25) is 0 Å². The van der Waals surface area contributed by atoms with Crippen molar-refractivity contribution in [3.63, 3.8) is 0 Å². The predicted molar refractivity (Wildman–Crippen MR) is 89.0 cm³/mol. The molecule has 0 aliphatic carbocycles. The van der Waals surface area contributed by atoms with Gasteiger partial charge in [0.15, 0.2) is 0 Å². The minimum absolute atomic E-state index is 0.318. The summed E-state index contributed by atoms with van der Waals surface area (Å²) in [5, 5.41) is 3.10. The molecule has 0 aliphatic heterocycles. The Morgan fingerprint density at radius 2 is 1.62 bits per heavy atom. The zero-order valence-corrected chi connectivity index (χ0v) is 14.5. The molecule has 0 saturated carbocycles. The molecule has 4 nitrogen and oxygen atoms in total. The molecule has 0 amide bonds. The number of rotatable bonds is 8. The number of nitrogens with one attached hydrogen (secondary N) is 2. The molecule has 0 spiro atoms. The minimum Gasteiger partial charge on any atom is -0.384 e. The largest absolute Gasteiger partial charge is 0.384 e. The van der Waals surface area contributed by atoms with E-state index in [1.807, 2.05) is 13.0 Å². The molecule has 0 heterocycles. The van der Waals surface area contributed by atoms with Crippen molar-refractivity contribution >= 4 is 15.7 Å². The molecule has 5 heteroatoms. The van der Waals surface area contributed by atoms with Gasteiger partial charge in [-0.05, 0) is 36.8 Å². The summed E-state index contributed by atoms with van der Waals surface area (Å²) in [5.41, 5.74) is 0.651. The summed E-state index contributed by atoms with van der Waals surface area (Å²) in [7, 11) is -3.49. The van der Waals surface area contributed by atoms with Gasteiger partial charge in [0.1, 0.15) is 4.90 Å². The molecule has 2 N–H and O–H groups in total. The van der Waals surface area contributed by atoms with E-state index in [1.165, 1.54) is 0 Å².